The Balaban J connectivity index is 1.96. The third kappa shape index (κ3) is 4.04. The van der Waals surface area contributed by atoms with Crippen LogP contribution in [-0.2, 0) is 9.59 Å². The van der Waals surface area contributed by atoms with Crippen LogP contribution in [0, 0.1) is 0 Å². The molecule has 2 rings (SSSR count). The molecular formula is C15H25N3O3. The molecule has 3 N–H and O–H groups in total. The lowest BCUT2D eigenvalue weighted by Gasteiger charge is -2.35. The van der Waals surface area contributed by atoms with E-state index in [0.29, 0.717) is 6.04 Å². The molecule has 0 saturated carbocycles. The molecule has 6 nitrogen and oxygen atoms in total. The SMILES string of the molecule is C=CCC(NC(=O)C1CCCN1C1CCNCC1)C(=O)O. The van der Waals surface area contributed by atoms with Crippen LogP contribution in [0.3, 0.4) is 0 Å². The van der Waals surface area contributed by atoms with Gasteiger partial charge in [0.2, 0.25) is 5.91 Å². The number of nitrogens with one attached hydrogen (secondary N) is 2. The van der Waals surface area contributed by atoms with Gasteiger partial charge in [0.25, 0.3) is 0 Å². The maximum Gasteiger partial charge on any atom is 0.326 e. The number of carboxylic acid groups (broad SMARTS) is 1. The average molecular weight is 295 g/mol. The van der Waals surface area contributed by atoms with Gasteiger partial charge in [-0.25, -0.2) is 4.79 Å². The largest absolute Gasteiger partial charge is 0.480 e. The molecule has 0 aliphatic carbocycles. The van der Waals surface area contributed by atoms with Gasteiger partial charge in [0, 0.05) is 6.04 Å². The molecule has 0 spiro atoms. The second-order valence-corrected chi connectivity index (χ2v) is 5.80. The van der Waals surface area contributed by atoms with Crippen molar-refractivity contribution >= 4 is 11.9 Å². The van der Waals surface area contributed by atoms with Crippen molar-refractivity contribution in [2.45, 2.75) is 50.2 Å². The molecule has 2 atom stereocenters. The molecule has 0 aromatic carbocycles. The lowest BCUT2D eigenvalue weighted by atomic mass is 10.0. The van der Waals surface area contributed by atoms with E-state index in [4.69, 9.17) is 5.11 Å². The van der Waals surface area contributed by atoms with Gasteiger partial charge in [-0.05, 0) is 51.7 Å². The van der Waals surface area contributed by atoms with E-state index in [1.54, 1.807) is 0 Å². The van der Waals surface area contributed by atoms with Crippen molar-refractivity contribution in [3.8, 4) is 0 Å². The molecule has 2 aliphatic heterocycles. The first-order chi connectivity index (χ1) is 10.1. The van der Waals surface area contributed by atoms with E-state index in [-0.39, 0.29) is 18.4 Å². The summed E-state index contributed by atoms with van der Waals surface area (Å²) >= 11 is 0. The smallest absolute Gasteiger partial charge is 0.326 e. The van der Waals surface area contributed by atoms with Crippen molar-refractivity contribution in [3.05, 3.63) is 12.7 Å². The Morgan fingerprint density at radius 3 is 2.71 bits per heavy atom. The van der Waals surface area contributed by atoms with Crippen molar-refractivity contribution < 1.29 is 14.7 Å². The number of aliphatic carboxylic acids is 1. The van der Waals surface area contributed by atoms with Crippen molar-refractivity contribution in [2.75, 3.05) is 19.6 Å². The Hall–Kier alpha value is -1.40. The fraction of sp³-hybridized carbons (Fsp3) is 0.733. The number of hydrogen-bond donors (Lipinski definition) is 3. The molecule has 2 fully saturated rings. The number of piperidine rings is 1. The summed E-state index contributed by atoms with van der Waals surface area (Å²) in [5.74, 6) is -1.16. The van der Waals surface area contributed by atoms with E-state index in [0.717, 1.165) is 45.3 Å². The summed E-state index contributed by atoms with van der Waals surface area (Å²) < 4.78 is 0. The molecule has 2 saturated heterocycles. The van der Waals surface area contributed by atoms with Crippen molar-refractivity contribution in [2.24, 2.45) is 0 Å². The standard InChI is InChI=1S/C15H25N3O3/c1-2-4-12(15(20)21)17-14(19)13-5-3-10-18(13)11-6-8-16-9-7-11/h2,11-13,16H,1,3-10H2,(H,17,19)(H,20,21). The maximum absolute atomic E-state index is 12.4. The summed E-state index contributed by atoms with van der Waals surface area (Å²) in [6, 6.07) is -0.613. The highest BCUT2D eigenvalue weighted by molar-refractivity contribution is 5.87. The number of hydrogen-bond acceptors (Lipinski definition) is 4. The quantitative estimate of drug-likeness (QED) is 0.616. The fourth-order valence-electron chi connectivity index (χ4n) is 3.30. The minimum absolute atomic E-state index is 0.153. The zero-order chi connectivity index (χ0) is 15.2. The lowest BCUT2D eigenvalue weighted by Crippen LogP contribution is -2.53. The number of amides is 1. The van der Waals surface area contributed by atoms with Crippen LogP contribution in [0.1, 0.15) is 32.1 Å². The normalized spacial score (nSPS) is 25.4. The highest BCUT2D eigenvalue weighted by atomic mass is 16.4. The van der Waals surface area contributed by atoms with Crippen LogP contribution in [0.5, 0.6) is 0 Å². The molecular weight excluding hydrogens is 270 g/mol. The summed E-state index contributed by atoms with van der Waals surface area (Å²) in [4.78, 5) is 25.8. The molecule has 0 bridgehead atoms. The average Bonchev–Trinajstić information content (AvgIpc) is 2.97. The number of carbonyl (C=O) groups excluding carboxylic acids is 1. The number of rotatable bonds is 6. The minimum Gasteiger partial charge on any atom is -0.480 e. The zero-order valence-corrected chi connectivity index (χ0v) is 12.4. The zero-order valence-electron chi connectivity index (χ0n) is 12.4. The topological polar surface area (TPSA) is 81.7 Å². The van der Waals surface area contributed by atoms with Crippen LogP contribution >= 0.6 is 0 Å². The fourth-order valence-corrected chi connectivity index (χ4v) is 3.30. The Kier molecular flexibility index (Phi) is 5.76. The van der Waals surface area contributed by atoms with E-state index < -0.39 is 12.0 Å². The predicted octanol–water partition coefficient (Wildman–Crippen LogP) is 0.348. The van der Waals surface area contributed by atoms with Gasteiger partial charge in [-0.1, -0.05) is 6.08 Å². The predicted molar refractivity (Wildman–Crippen MR) is 80.0 cm³/mol. The number of nitrogens with zero attached hydrogens (tertiary/aromatic N) is 1. The van der Waals surface area contributed by atoms with Gasteiger partial charge in [-0.3, -0.25) is 9.69 Å². The van der Waals surface area contributed by atoms with Gasteiger partial charge in [-0.2, -0.15) is 0 Å². The molecule has 21 heavy (non-hydrogen) atoms. The van der Waals surface area contributed by atoms with Crippen LogP contribution in [0.15, 0.2) is 12.7 Å². The Bertz CT molecular complexity index is 394. The van der Waals surface area contributed by atoms with Crippen LogP contribution in [-0.4, -0.2) is 59.6 Å². The van der Waals surface area contributed by atoms with Crippen LogP contribution in [0.25, 0.3) is 0 Å². The summed E-state index contributed by atoms with van der Waals surface area (Å²) in [6.07, 6.45) is 5.70. The molecule has 2 aliphatic rings. The van der Waals surface area contributed by atoms with E-state index in [1.165, 1.54) is 6.08 Å². The molecule has 0 radical (unpaired) electrons. The number of likely N-dealkylation sites (tertiary alicyclic amines) is 1. The molecule has 0 aromatic heterocycles. The first-order valence-electron chi connectivity index (χ1n) is 7.74. The number of carboxylic acids is 1. The van der Waals surface area contributed by atoms with Gasteiger partial charge in [0.1, 0.15) is 6.04 Å². The molecule has 1 amide bonds. The van der Waals surface area contributed by atoms with Gasteiger partial charge in [-0.15, -0.1) is 6.58 Å². The second kappa shape index (κ2) is 7.56. The van der Waals surface area contributed by atoms with Gasteiger partial charge in [0.15, 0.2) is 0 Å². The van der Waals surface area contributed by atoms with Gasteiger partial charge >= 0.3 is 5.97 Å². The van der Waals surface area contributed by atoms with Crippen molar-refractivity contribution in [3.63, 3.8) is 0 Å². The minimum atomic E-state index is -1.00. The highest BCUT2D eigenvalue weighted by Crippen LogP contribution is 2.24. The third-order valence-corrected chi connectivity index (χ3v) is 4.39. The highest BCUT2D eigenvalue weighted by Gasteiger charge is 2.36. The van der Waals surface area contributed by atoms with Crippen molar-refractivity contribution in [1.29, 1.82) is 0 Å². The van der Waals surface area contributed by atoms with Crippen LogP contribution < -0.4 is 10.6 Å². The van der Waals surface area contributed by atoms with E-state index in [9.17, 15) is 9.59 Å². The Morgan fingerprint density at radius 1 is 1.38 bits per heavy atom. The summed E-state index contributed by atoms with van der Waals surface area (Å²) in [7, 11) is 0. The first-order valence-corrected chi connectivity index (χ1v) is 7.74. The van der Waals surface area contributed by atoms with E-state index >= 15 is 0 Å². The van der Waals surface area contributed by atoms with E-state index in [2.05, 4.69) is 22.1 Å². The lowest BCUT2D eigenvalue weighted by molar-refractivity contribution is -0.142. The Morgan fingerprint density at radius 2 is 2.10 bits per heavy atom. The molecule has 0 aromatic rings. The monoisotopic (exact) mass is 295 g/mol. The molecule has 118 valence electrons. The summed E-state index contributed by atoms with van der Waals surface area (Å²) in [6.45, 7) is 6.46. The van der Waals surface area contributed by atoms with E-state index in [1.807, 2.05) is 0 Å². The maximum atomic E-state index is 12.4. The van der Waals surface area contributed by atoms with Crippen LogP contribution in [0.2, 0.25) is 0 Å². The van der Waals surface area contributed by atoms with Crippen LogP contribution in [0.4, 0.5) is 0 Å². The van der Waals surface area contributed by atoms with Gasteiger partial charge < -0.3 is 15.7 Å². The first kappa shape index (κ1) is 16.0. The Labute approximate surface area is 125 Å². The number of carbonyl (C=O) groups is 2. The molecule has 2 unspecified atom stereocenters. The molecule has 2 heterocycles. The summed E-state index contributed by atoms with van der Waals surface area (Å²) in [5.41, 5.74) is 0. The van der Waals surface area contributed by atoms with Gasteiger partial charge in [0.05, 0.1) is 6.04 Å². The third-order valence-electron chi connectivity index (χ3n) is 4.39. The van der Waals surface area contributed by atoms with Crippen molar-refractivity contribution in [1.82, 2.24) is 15.5 Å². The second-order valence-electron chi connectivity index (χ2n) is 5.80. The summed E-state index contributed by atoms with van der Waals surface area (Å²) in [5, 5.41) is 15.1. The molecule has 6 heteroatoms.